The quantitative estimate of drug-likeness (QED) is 0.520. The monoisotopic (exact) mass is 314 g/mol. The van der Waals surface area contributed by atoms with E-state index in [1.807, 2.05) is 0 Å². The largest absolute Gasteiger partial charge is 0.481 e. The summed E-state index contributed by atoms with van der Waals surface area (Å²) >= 11 is 0. The molecule has 2 saturated carbocycles. The lowest BCUT2D eigenvalue weighted by molar-refractivity contribution is -0.215. The molecule has 0 unspecified atom stereocenters. The number of esters is 1. The highest BCUT2D eigenvalue weighted by Gasteiger charge is 2.26. The predicted octanol–water partition coefficient (Wildman–Crippen LogP) is 2.64. The second kappa shape index (κ2) is 9.10. The van der Waals surface area contributed by atoms with Crippen molar-refractivity contribution in [2.24, 2.45) is 0 Å². The maximum atomic E-state index is 11.5. The van der Waals surface area contributed by atoms with Crippen molar-refractivity contribution in [3.63, 3.8) is 0 Å². The van der Waals surface area contributed by atoms with Crippen LogP contribution in [0.2, 0.25) is 0 Å². The van der Waals surface area contributed by atoms with Crippen molar-refractivity contribution in [3.05, 3.63) is 0 Å². The van der Waals surface area contributed by atoms with Gasteiger partial charge in [-0.15, -0.1) is 0 Å². The zero-order chi connectivity index (χ0) is 15.8. The Bertz CT molecular complexity index is 340. The summed E-state index contributed by atoms with van der Waals surface area (Å²) in [5.74, 6) is -1.52. The number of hydrogen-bond donors (Lipinski definition) is 1. The van der Waals surface area contributed by atoms with Crippen LogP contribution in [-0.2, 0) is 23.8 Å². The van der Waals surface area contributed by atoms with Crippen molar-refractivity contribution in [3.8, 4) is 0 Å². The van der Waals surface area contributed by atoms with Gasteiger partial charge in [0.25, 0.3) is 0 Å². The van der Waals surface area contributed by atoms with Crippen molar-refractivity contribution in [2.75, 3.05) is 6.61 Å². The van der Waals surface area contributed by atoms with Gasteiger partial charge < -0.3 is 19.3 Å². The molecule has 0 radical (unpaired) electrons. The Morgan fingerprint density at radius 3 is 1.86 bits per heavy atom. The van der Waals surface area contributed by atoms with Crippen molar-refractivity contribution >= 4 is 11.9 Å². The minimum absolute atomic E-state index is 0.0471. The minimum atomic E-state index is -1.00. The van der Waals surface area contributed by atoms with E-state index in [1.165, 1.54) is 25.7 Å². The topological polar surface area (TPSA) is 82.1 Å². The Kier molecular flexibility index (Phi) is 7.12. The molecular formula is C16H26O6. The van der Waals surface area contributed by atoms with E-state index in [0.717, 1.165) is 25.7 Å². The molecule has 0 atom stereocenters. The van der Waals surface area contributed by atoms with E-state index in [1.54, 1.807) is 0 Å². The average Bonchev–Trinajstić information content (AvgIpc) is 3.16. The molecule has 0 bridgehead atoms. The Labute approximate surface area is 131 Å². The molecule has 0 aliphatic heterocycles. The summed E-state index contributed by atoms with van der Waals surface area (Å²) in [5.41, 5.74) is 0. The smallest absolute Gasteiger partial charge is 0.306 e. The molecule has 22 heavy (non-hydrogen) atoms. The van der Waals surface area contributed by atoms with Gasteiger partial charge in [-0.05, 0) is 25.7 Å². The van der Waals surface area contributed by atoms with Gasteiger partial charge in [0, 0.05) is 0 Å². The van der Waals surface area contributed by atoms with Gasteiger partial charge >= 0.3 is 11.9 Å². The fraction of sp³-hybridized carbons (Fsp3) is 0.875. The molecule has 2 aliphatic rings. The van der Waals surface area contributed by atoms with Gasteiger partial charge in [0.1, 0.15) is 6.61 Å². The first kappa shape index (κ1) is 17.2. The van der Waals surface area contributed by atoms with Gasteiger partial charge in [0.2, 0.25) is 0 Å². The van der Waals surface area contributed by atoms with Gasteiger partial charge in [-0.25, -0.2) is 0 Å². The molecular weight excluding hydrogens is 288 g/mol. The van der Waals surface area contributed by atoms with Crippen LogP contribution in [0.4, 0.5) is 0 Å². The van der Waals surface area contributed by atoms with Crippen LogP contribution in [-0.4, -0.2) is 42.1 Å². The van der Waals surface area contributed by atoms with E-state index in [-0.39, 0.29) is 31.7 Å². The first-order chi connectivity index (χ1) is 10.6. The molecule has 0 aromatic rings. The summed E-state index contributed by atoms with van der Waals surface area (Å²) < 4.78 is 17.0. The summed E-state index contributed by atoms with van der Waals surface area (Å²) in [5, 5.41) is 8.56. The van der Waals surface area contributed by atoms with Crippen molar-refractivity contribution < 1.29 is 28.9 Å². The molecule has 1 N–H and O–H groups in total. The van der Waals surface area contributed by atoms with Crippen LogP contribution in [0, 0.1) is 0 Å². The molecule has 2 aliphatic carbocycles. The summed E-state index contributed by atoms with van der Waals surface area (Å²) in [6.07, 6.45) is 8.28. The third kappa shape index (κ3) is 6.32. The number of carbonyl (C=O) groups excluding carboxylic acids is 1. The molecule has 2 rings (SSSR count). The molecule has 0 aromatic heterocycles. The number of rotatable bonds is 9. The summed E-state index contributed by atoms with van der Waals surface area (Å²) in [6.45, 7) is 0.0471. The molecule has 0 heterocycles. The van der Waals surface area contributed by atoms with E-state index in [0.29, 0.717) is 0 Å². The second-order valence-corrected chi connectivity index (χ2v) is 6.09. The molecule has 0 amide bonds. The third-order valence-electron chi connectivity index (χ3n) is 4.22. The van der Waals surface area contributed by atoms with Crippen molar-refractivity contribution in [1.29, 1.82) is 0 Å². The third-order valence-corrected chi connectivity index (χ3v) is 4.22. The molecule has 126 valence electrons. The minimum Gasteiger partial charge on any atom is -0.481 e. The van der Waals surface area contributed by atoms with Gasteiger partial charge in [0.15, 0.2) is 6.29 Å². The van der Waals surface area contributed by atoms with Crippen LogP contribution in [0.1, 0.15) is 64.2 Å². The first-order valence-electron chi connectivity index (χ1n) is 8.32. The van der Waals surface area contributed by atoms with Crippen LogP contribution in [0.5, 0.6) is 0 Å². The number of aliphatic carboxylic acids is 1. The van der Waals surface area contributed by atoms with Crippen molar-refractivity contribution in [2.45, 2.75) is 82.7 Å². The molecule has 6 nitrogen and oxygen atoms in total. The fourth-order valence-corrected chi connectivity index (χ4v) is 3.03. The highest BCUT2D eigenvalue weighted by atomic mass is 16.7. The van der Waals surface area contributed by atoms with Gasteiger partial charge in [0.05, 0.1) is 25.0 Å². The van der Waals surface area contributed by atoms with Crippen LogP contribution >= 0.6 is 0 Å². The zero-order valence-electron chi connectivity index (χ0n) is 13.0. The van der Waals surface area contributed by atoms with Gasteiger partial charge in [-0.1, -0.05) is 25.7 Å². The molecule has 2 fully saturated rings. The number of carboxylic acid groups (broad SMARTS) is 1. The van der Waals surface area contributed by atoms with E-state index in [4.69, 9.17) is 19.3 Å². The SMILES string of the molecule is O=C(O)CCC(=O)OCC(OC1CCCC1)OC1CCCC1. The van der Waals surface area contributed by atoms with Gasteiger partial charge in [-0.2, -0.15) is 0 Å². The van der Waals surface area contributed by atoms with E-state index in [2.05, 4.69) is 0 Å². The Hall–Kier alpha value is -1.14. The highest BCUT2D eigenvalue weighted by Crippen LogP contribution is 2.26. The molecule has 6 heteroatoms. The number of hydrogen-bond acceptors (Lipinski definition) is 5. The summed E-state index contributed by atoms with van der Waals surface area (Å²) in [7, 11) is 0. The van der Waals surface area contributed by atoms with Gasteiger partial charge in [-0.3, -0.25) is 9.59 Å². The van der Waals surface area contributed by atoms with Crippen LogP contribution in [0.15, 0.2) is 0 Å². The lowest BCUT2D eigenvalue weighted by Crippen LogP contribution is -2.32. The molecule has 0 spiro atoms. The Morgan fingerprint density at radius 1 is 0.909 bits per heavy atom. The van der Waals surface area contributed by atoms with E-state index in [9.17, 15) is 9.59 Å². The number of carboxylic acids is 1. The van der Waals surface area contributed by atoms with E-state index >= 15 is 0 Å². The Morgan fingerprint density at radius 2 is 1.41 bits per heavy atom. The lowest BCUT2D eigenvalue weighted by Gasteiger charge is -2.25. The summed E-state index contributed by atoms with van der Waals surface area (Å²) in [6, 6.07) is 0. The number of ether oxygens (including phenoxy) is 3. The predicted molar refractivity (Wildman–Crippen MR) is 78.3 cm³/mol. The molecule has 0 saturated heterocycles. The van der Waals surface area contributed by atoms with Crippen LogP contribution < -0.4 is 0 Å². The highest BCUT2D eigenvalue weighted by molar-refractivity contribution is 5.76. The second-order valence-electron chi connectivity index (χ2n) is 6.09. The van der Waals surface area contributed by atoms with E-state index < -0.39 is 18.2 Å². The van der Waals surface area contributed by atoms with Crippen LogP contribution in [0.3, 0.4) is 0 Å². The van der Waals surface area contributed by atoms with Crippen molar-refractivity contribution in [1.82, 2.24) is 0 Å². The summed E-state index contributed by atoms with van der Waals surface area (Å²) in [4.78, 5) is 22.0. The lowest BCUT2D eigenvalue weighted by atomic mass is 10.3. The zero-order valence-corrected chi connectivity index (χ0v) is 13.0. The molecule has 0 aromatic carbocycles. The standard InChI is InChI=1S/C16H26O6/c17-14(18)9-10-15(19)20-11-16(21-12-5-1-2-6-12)22-13-7-3-4-8-13/h12-13,16H,1-11H2,(H,17,18). The maximum Gasteiger partial charge on any atom is 0.306 e. The fourth-order valence-electron chi connectivity index (χ4n) is 3.03. The normalized spacial score (nSPS) is 19.9. The first-order valence-corrected chi connectivity index (χ1v) is 8.32. The maximum absolute atomic E-state index is 11.5. The van der Waals surface area contributed by atoms with Crippen LogP contribution in [0.25, 0.3) is 0 Å². The average molecular weight is 314 g/mol. The number of carbonyl (C=O) groups is 2. The Balaban J connectivity index is 1.74.